The highest BCUT2D eigenvalue weighted by atomic mass is 15.0. The van der Waals surface area contributed by atoms with Gasteiger partial charge in [-0.15, -0.1) is 0 Å². The van der Waals surface area contributed by atoms with Gasteiger partial charge in [0.25, 0.3) is 0 Å². The van der Waals surface area contributed by atoms with Gasteiger partial charge in [0.05, 0.1) is 0 Å². The van der Waals surface area contributed by atoms with Crippen molar-refractivity contribution >= 4 is 0 Å². The molecule has 0 aliphatic heterocycles. The summed E-state index contributed by atoms with van der Waals surface area (Å²) in [5, 5.41) is 0. The molecule has 70 valence electrons. The van der Waals surface area contributed by atoms with Gasteiger partial charge in [0.2, 0.25) is 0 Å². The van der Waals surface area contributed by atoms with E-state index in [1.807, 2.05) is 0 Å². The summed E-state index contributed by atoms with van der Waals surface area (Å²) < 4.78 is 0. The van der Waals surface area contributed by atoms with Crippen molar-refractivity contribution in [2.45, 2.75) is 0 Å². The van der Waals surface area contributed by atoms with Crippen molar-refractivity contribution in [2.75, 3.05) is 0 Å². The molecular formula is C12H12N2. The van der Waals surface area contributed by atoms with Crippen LogP contribution in [-0.2, 0) is 0 Å². The summed E-state index contributed by atoms with van der Waals surface area (Å²) in [7, 11) is 0. The molecule has 1 aliphatic rings. The predicted molar refractivity (Wildman–Crippen MR) is 59.2 cm³/mol. The van der Waals surface area contributed by atoms with Gasteiger partial charge < -0.3 is 0 Å². The van der Waals surface area contributed by atoms with Crippen LogP contribution in [0.2, 0.25) is 0 Å². The summed E-state index contributed by atoms with van der Waals surface area (Å²) >= 11 is 0. The lowest BCUT2D eigenvalue weighted by molar-refractivity contribution is 1.26. The molecule has 0 saturated carbocycles. The van der Waals surface area contributed by atoms with Crippen LogP contribution in [0.15, 0.2) is 48.5 Å². The minimum absolute atomic E-state index is 1.40. The average molecular weight is 184 g/mol. The third-order valence-corrected chi connectivity index (χ3v) is 2.43. The zero-order valence-corrected chi connectivity index (χ0v) is 7.77. The zero-order valence-electron chi connectivity index (χ0n) is 7.77. The second-order valence-electron chi connectivity index (χ2n) is 3.09. The Morgan fingerprint density at radius 1 is 0.500 bits per heavy atom. The molecule has 0 amide bonds. The number of hydrazine groups is 1. The van der Waals surface area contributed by atoms with Crippen LogP contribution >= 0.6 is 0 Å². The minimum Gasteiger partial charge on any atom is -0.274 e. The zero-order chi connectivity index (χ0) is 9.97. The molecule has 0 saturated heterocycles. The number of nitrogens with two attached hydrogens (primary N) is 2. The molecular weight excluding hydrogens is 172 g/mol. The molecule has 1 aliphatic carbocycles. The van der Waals surface area contributed by atoms with Crippen LogP contribution in [-0.4, -0.2) is 0 Å². The smallest absolute Gasteiger partial charge is 0.00990 e. The summed E-state index contributed by atoms with van der Waals surface area (Å²) in [6, 6.07) is 17.1. The van der Waals surface area contributed by atoms with Gasteiger partial charge in [-0.25, -0.2) is 0 Å². The van der Waals surface area contributed by atoms with Crippen LogP contribution in [0.3, 0.4) is 0 Å². The van der Waals surface area contributed by atoms with E-state index in [-0.39, 0.29) is 0 Å². The van der Waals surface area contributed by atoms with Crippen LogP contribution in [0.5, 0.6) is 0 Å². The Balaban J connectivity index is 0.000000354. The van der Waals surface area contributed by atoms with Crippen molar-refractivity contribution in [1.29, 1.82) is 0 Å². The van der Waals surface area contributed by atoms with E-state index in [4.69, 9.17) is 0 Å². The fourth-order valence-corrected chi connectivity index (χ4v) is 1.84. The van der Waals surface area contributed by atoms with Crippen molar-refractivity contribution in [3.8, 4) is 22.3 Å². The number of rotatable bonds is 0. The van der Waals surface area contributed by atoms with Crippen LogP contribution < -0.4 is 11.7 Å². The van der Waals surface area contributed by atoms with E-state index in [1.54, 1.807) is 0 Å². The molecule has 0 bridgehead atoms. The Morgan fingerprint density at radius 2 is 0.714 bits per heavy atom. The van der Waals surface area contributed by atoms with Gasteiger partial charge in [-0.2, -0.15) is 0 Å². The van der Waals surface area contributed by atoms with Gasteiger partial charge in [-0.1, -0.05) is 48.5 Å². The highest BCUT2D eigenvalue weighted by Crippen LogP contribution is 2.46. The van der Waals surface area contributed by atoms with Crippen molar-refractivity contribution in [3.05, 3.63) is 48.5 Å². The Bertz CT molecular complexity index is 350. The fraction of sp³-hybridized carbons (Fsp3) is 0. The van der Waals surface area contributed by atoms with Gasteiger partial charge in [0.15, 0.2) is 0 Å². The molecule has 0 fully saturated rings. The molecule has 0 radical (unpaired) electrons. The summed E-state index contributed by atoms with van der Waals surface area (Å²) in [5.74, 6) is 8.00. The third-order valence-electron chi connectivity index (χ3n) is 2.43. The highest BCUT2D eigenvalue weighted by Gasteiger charge is 2.19. The molecule has 0 aromatic heterocycles. The fourth-order valence-electron chi connectivity index (χ4n) is 1.84. The van der Waals surface area contributed by atoms with Crippen LogP contribution in [0.1, 0.15) is 0 Å². The molecule has 0 heterocycles. The van der Waals surface area contributed by atoms with E-state index in [2.05, 4.69) is 60.2 Å². The molecule has 4 N–H and O–H groups in total. The topological polar surface area (TPSA) is 52.0 Å². The van der Waals surface area contributed by atoms with E-state index in [1.165, 1.54) is 22.3 Å². The van der Waals surface area contributed by atoms with Gasteiger partial charge in [-0.05, 0) is 22.3 Å². The molecule has 3 rings (SSSR count). The highest BCUT2D eigenvalue weighted by molar-refractivity contribution is 6.01. The molecule has 2 heteroatoms. The van der Waals surface area contributed by atoms with Crippen LogP contribution in [0.25, 0.3) is 22.3 Å². The normalized spacial score (nSPS) is 10.1. The molecule has 2 nitrogen and oxygen atoms in total. The first kappa shape index (κ1) is 8.94. The lowest BCUT2D eigenvalue weighted by atomic mass is 9.81. The van der Waals surface area contributed by atoms with Gasteiger partial charge >= 0.3 is 0 Å². The quantitative estimate of drug-likeness (QED) is 0.415. The molecule has 0 unspecified atom stereocenters. The maximum absolute atomic E-state index is 4.00. The average Bonchev–Trinajstić information content (AvgIpc) is 2.29. The lowest BCUT2D eigenvalue weighted by Gasteiger charge is -2.22. The first-order valence-electron chi connectivity index (χ1n) is 4.49. The van der Waals surface area contributed by atoms with E-state index >= 15 is 0 Å². The summed E-state index contributed by atoms with van der Waals surface area (Å²) in [4.78, 5) is 0. The number of benzene rings is 2. The largest absolute Gasteiger partial charge is 0.274 e. The molecule has 14 heavy (non-hydrogen) atoms. The second-order valence-corrected chi connectivity index (χ2v) is 3.09. The van der Waals surface area contributed by atoms with Gasteiger partial charge in [0, 0.05) is 0 Å². The first-order valence-corrected chi connectivity index (χ1v) is 4.49. The number of hydrogen-bond donors (Lipinski definition) is 2. The minimum atomic E-state index is 1.40. The standard InChI is InChI=1S/C12H8.H4N2/c1-2-6-10-9(5-1)11-7-3-4-8-12(10)11;1-2/h1-8H;1-2H2. The Morgan fingerprint density at radius 3 is 0.929 bits per heavy atom. The predicted octanol–water partition coefficient (Wildman–Crippen LogP) is 2.15. The van der Waals surface area contributed by atoms with Crippen LogP contribution in [0.4, 0.5) is 0 Å². The maximum atomic E-state index is 4.00. The summed E-state index contributed by atoms with van der Waals surface area (Å²) in [5.41, 5.74) is 5.59. The lowest BCUT2D eigenvalue weighted by Crippen LogP contribution is -2.02. The van der Waals surface area contributed by atoms with E-state index in [0.29, 0.717) is 0 Å². The molecule has 2 aromatic rings. The third kappa shape index (κ3) is 1.13. The van der Waals surface area contributed by atoms with E-state index in [9.17, 15) is 0 Å². The van der Waals surface area contributed by atoms with Crippen molar-refractivity contribution in [3.63, 3.8) is 0 Å². The summed E-state index contributed by atoms with van der Waals surface area (Å²) in [6.45, 7) is 0. The van der Waals surface area contributed by atoms with E-state index in [0.717, 1.165) is 0 Å². The first-order chi connectivity index (χ1) is 6.97. The van der Waals surface area contributed by atoms with Crippen molar-refractivity contribution in [2.24, 2.45) is 11.7 Å². The second kappa shape index (κ2) is 3.62. The molecule has 2 aromatic carbocycles. The van der Waals surface area contributed by atoms with Crippen LogP contribution in [0, 0.1) is 0 Å². The Hall–Kier alpha value is -1.64. The van der Waals surface area contributed by atoms with Gasteiger partial charge in [-0.3, -0.25) is 11.7 Å². The number of hydrogen-bond acceptors (Lipinski definition) is 2. The Kier molecular flexibility index (Phi) is 2.31. The monoisotopic (exact) mass is 184 g/mol. The van der Waals surface area contributed by atoms with Crippen molar-refractivity contribution < 1.29 is 0 Å². The SMILES string of the molecule is NN.c1ccc2c(c1)-c1ccccc1-2. The molecule has 0 spiro atoms. The summed E-state index contributed by atoms with van der Waals surface area (Å²) in [6.07, 6.45) is 0. The van der Waals surface area contributed by atoms with E-state index < -0.39 is 0 Å². The van der Waals surface area contributed by atoms with Crippen molar-refractivity contribution in [1.82, 2.24) is 0 Å². The number of fused-ring (bicyclic) bond motifs is 4. The van der Waals surface area contributed by atoms with Gasteiger partial charge in [0.1, 0.15) is 0 Å². The molecule has 0 atom stereocenters. The Labute approximate surface area is 83.1 Å². The maximum Gasteiger partial charge on any atom is -0.00990 e.